The Balaban J connectivity index is 2.00. The van der Waals surface area contributed by atoms with Crippen LogP contribution in [0.2, 0.25) is 5.02 Å². The normalized spacial score (nSPS) is 15.5. The standard InChI is InChI=1S/C17H19ClFN3O3S2/c1-10(9-26-2)25-15(23)11-7-14(13(19)8-12(11)18)20-16-21-5-3-4-6-22(21)17(24)27-16/h7-8,10H,3-6,9H2,1-2H3. The molecule has 27 heavy (non-hydrogen) atoms. The molecule has 1 unspecified atom stereocenters. The summed E-state index contributed by atoms with van der Waals surface area (Å²) in [4.78, 5) is 29.0. The monoisotopic (exact) mass is 431 g/mol. The van der Waals surface area contributed by atoms with E-state index in [9.17, 15) is 14.0 Å². The van der Waals surface area contributed by atoms with E-state index in [2.05, 4.69) is 4.99 Å². The van der Waals surface area contributed by atoms with Gasteiger partial charge in [-0.15, -0.1) is 0 Å². The fourth-order valence-corrected chi connectivity index (χ4v) is 4.47. The van der Waals surface area contributed by atoms with Crippen LogP contribution < -0.4 is 9.67 Å². The van der Waals surface area contributed by atoms with Crippen molar-refractivity contribution in [2.75, 3.05) is 12.0 Å². The molecule has 0 spiro atoms. The van der Waals surface area contributed by atoms with E-state index in [-0.39, 0.29) is 27.3 Å². The first-order valence-electron chi connectivity index (χ1n) is 8.45. The number of hydrogen-bond acceptors (Lipinski definition) is 6. The van der Waals surface area contributed by atoms with E-state index in [1.54, 1.807) is 28.0 Å². The largest absolute Gasteiger partial charge is 0.458 e. The van der Waals surface area contributed by atoms with Gasteiger partial charge in [0.2, 0.25) is 4.80 Å². The molecule has 2 heterocycles. The molecule has 1 aromatic heterocycles. The SMILES string of the molecule is CSCC(C)OC(=O)c1cc(N=c2sc(=O)n3n2CCCC3)c(F)cc1Cl. The van der Waals surface area contributed by atoms with E-state index in [0.717, 1.165) is 30.2 Å². The minimum absolute atomic E-state index is 0.0347. The van der Waals surface area contributed by atoms with Crippen molar-refractivity contribution in [3.05, 3.63) is 43.0 Å². The quantitative estimate of drug-likeness (QED) is 0.680. The predicted molar refractivity (Wildman–Crippen MR) is 106 cm³/mol. The van der Waals surface area contributed by atoms with E-state index < -0.39 is 11.8 Å². The molecule has 3 rings (SSSR count). The second kappa shape index (κ2) is 8.62. The molecule has 6 nitrogen and oxygen atoms in total. The Bertz CT molecular complexity index is 983. The second-order valence-electron chi connectivity index (χ2n) is 6.17. The summed E-state index contributed by atoms with van der Waals surface area (Å²) in [6, 6.07) is 2.32. The molecular formula is C17H19ClFN3O3S2. The van der Waals surface area contributed by atoms with Crippen molar-refractivity contribution in [2.24, 2.45) is 4.99 Å². The number of nitrogens with zero attached hydrogens (tertiary/aromatic N) is 3. The van der Waals surface area contributed by atoms with Crippen LogP contribution in [-0.4, -0.2) is 33.4 Å². The lowest BCUT2D eigenvalue weighted by Gasteiger charge is -2.16. The molecule has 1 atom stereocenters. The Morgan fingerprint density at radius 2 is 2.11 bits per heavy atom. The number of aromatic nitrogens is 2. The predicted octanol–water partition coefficient (Wildman–Crippen LogP) is 3.44. The summed E-state index contributed by atoms with van der Waals surface area (Å²) < 4.78 is 23.1. The van der Waals surface area contributed by atoms with Crippen LogP contribution in [0.15, 0.2) is 21.9 Å². The molecule has 0 N–H and O–H groups in total. The van der Waals surface area contributed by atoms with Crippen LogP contribution in [0.5, 0.6) is 0 Å². The van der Waals surface area contributed by atoms with Crippen molar-refractivity contribution in [1.82, 2.24) is 9.36 Å². The van der Waals surface area contributed by atoms with Gasteiger partial charge in [-0.25, -0.2) is 18.9 Å². The molecule has 1 aliphatic rings. The van der Waals surface area contributed by atoms with Crippen LogP contribution in [0, 0.1) is 5.82 Å². The lowest BCUT2D eigenvalue weighted by Crippen LogP contribution is -2.31. The summed E-state index contributed by atoms with van der Waals surface area (Å²) in [5, 5.41) is -0.0347. The highest BCUT2D eigenvalue weighted by Crippen LogP contribution is 2.27. The van der Waals surface area contributed by atoms with Crippen LogP contribution in [0.4, 0.5) is 10.1 Å². The third-order valence-electron chi connectivity index (χ3n) is 4.07. The third kappa shape index (κ3) is 4.47. The van der Waals surface area contributed by atoms with Gasteiger partial charge in [-0.1, -0.05) is 11.6 Å². The number of ether oxygens (including phenoxy) is 1. The average molecular weight is 432 g/mol. The summed E-state index contributed by atoms with van der Waals surface area (Å²) in [5.74, 6) is -0.647. The number of rotatable bonds is 5. The van der Waals surface area contributed by atoms with Gasteiger partial charge in [0.1, 0.15) is 17.6 Å². The molecular weight excluding hydrogens is 413 g/mol. The Morgan fingerprint density at radius 3 is 2.81 bits per heavy atom. The first-order chi connectivity index (χ1) is 12.9. The Labute approximate surface area is 168 Å². The lowest BCUT2D eigenvalue weighted by atomic mass is 10.2. The number of hydrogen-bond donors (Lipinski definition) is 0. The highest BCUT2D eigenvalue weighted by Gasteiger charge is 2.19. The highest BCUT2D eigenvalue weighted by molar-refractivity contribution is 7.98. The van der Waals surface area contributed by atoms with Gasteiger partial charge in [-0.2, -0.15) is 11.8 Å². The zero-order valence-corrected chi connectivity index (χ0v) is 17.3. The van der Waals surface area contributed by atoms with Crippen molar-refractivity contribution in [3.8, 4) is 0 Å². The molecule has 0 saturated carbocycles. The van der Waals surface area contributed by atoms with Crippen LogP contribution >= 0.6 is 34.7 Å². The zero-order valence-electron chi connectivity index (χ0n) is 14.9. The topological polar surface area (TPSA) is 65.6 Å². The molecule has 0 bridgehead atoms. The van der Waals surface area contributed by atoms with Crippen molar-refractivity contribution < 1.29 is 13.9 Å². The van der Waals surface area contributed by atoms with Gasteiger partial charge in [0, 0.05) is 18.8 Å². The average Bonchev–Trinajstić information content (AvgIpc) is 2.93. The molecule has 1 aliphatic heterocycles. The molecule has 2 aromatic rings. The van der Waals surface area contributed by atoms with Gasteiger partial charge >= 0.3 is 10.8 Å². The Kier molecular flexibility index (Phi) is 6.44. The van der Waals surface area contributed by atoms with Crippen molar-refractivity contribution in [1.29, 1.82) is 0 Å². The number of fused-ring (bicyclic) bond motifs is 1. The maximum Gasteiger partial charge on any atom is 0.340 e. The number of thioether (sulfide) groups is 1. The summed E-state index contributed by atoms with van der Waals surface area (Å²) >= 11 is 8.54. The highest BCUT2D eigenvalue weighted by atomic mass is 35.5. The van der Waals surface area contributed by atoms with Gasteiger partial charge < -0.3 is 4.74 Å². The first kappa shape index (κ1) is 20.2. The van der Waals surface area contributed by atoms with E-state index in [1.807, 2.05) is 6.26 Å². The van der Waals surface area contributed by atoms with E-state index in [0.29, 0.717) is 23.6 Å². The molecule has 0 saturated heterocycles. The molecule has 0 fully saturated rings. The summed E-state index contributed by atoms with van der Waals surface area (Å²) in [5.41, 5.74) is 0.00165. The van der Waals surface area contributed by atoms with E-state index in [4.69, 9.17) is 16.3 Å². The van der Waals surface area contributed by atoms with Crippen LogP contribution in [0.25, 0.3) is 0 Å². The van der Waals surface area contributed by atoms with Crippen LogP contribution in [0.1, 0.15) is 30.1 Å². The first-order valence-corrected chi connectivity index (χ1v) is 11.0. The Hall–Kier alpha value is -1.58. The maximum atomic E-state index is 14.4. The number of carbonyl (C=O) groups excluding carboxylic acids is 1. The van der Waals surface area contributed by atoms with Crippen LogP contribution in [-0.2, 0) is 17.8 Å². The Morgan fingerprint density at radius 1 is 1.41 bits per heavy atom. The van der Waals surface area contributed by atoms with E-state index >= 15 is 0 Å². The molecule has 0 aliphatic carbocycles. The molecule has 146 valence electrons. The van der Waals surface area contributed by atoms with E-state index in [1.165, 1.54) is 6.07 Å². The summed E-state index contributed by atoms with van der Waals surface area (Å²) in [6.45, 7) is 3.05. The summed E-state index contributed by atoms with van der Waals surface area (Å²) in [7, 11) is 0. The fourth-order valence-electron chi connectivity index (χ4n) is 2.81. The number of esters is 1. The van der Waals surface area contributed by atoms with Crippen molar-refractivity contribution >= 4 is 46.4 Å². The zero-order chi connectivity index (χ0) is 19.6. The fraction of sp³-hybridized carbons (Fsp3) is 0.471. The number of benzene rings is 1. The molecule has 10 heteroatoms. The number of halogens is 2. The third-order valence-corrected chi connectivity index (χ3v) is 6.06. The second-order valence-corrected chi connectivity index (χ2v) is 8.41. The smallest absolute Gasteiger partial charge is 0.340 e. The summed E-state index contributed by atoms with van der Waals surface area (Å²) in [6.07, 6.45) is 3.47. The minimum Gasteiger partial charge on any atom is -0.458 e. The van der Waals surface area contributed by atoms with Crippen molar-refractivity contribution in [2.45, 2.75) is 39.0 Å². The van der Waals surface area contributed by atoms with Gasteiger partial charge in [0.15, 0.2) is 0 Å². The molecule has 1 aromatic carbocycles. The number of carbonyl (C=O) groups is 1. The van der Waals surface area contributed by atoms with Crippen molar-refractivity contribution in [3.63, 3.8) is 0 Å². The van der Waals surface area contributed by atoms with Gasteiger partial charge in [0.05, 0.1) is 10.6 Å². The van der Waals surface area contributed by atoms with Gasteiger partial charge in [-0.3, -0.25) is 9.48 Å². The maximum absolute atomic E-state index is 14.4. The van der Waals surface area contributed by atoms with Gasteiger partial charge in [-0.05, 0) is 49.5 Å². The minimum atomic E-state index is -0.662. The van der Waals surface area contributed by atoms with Crippen LogP contribution in [0.3, 0.4) is 0 Å². The molecule has 0 radical (unpaired) electrons. The van der Waals surface area contributed by atoms with Gasteiger partial charge in [0.25, 0.3) is 0 Å². The molecule has 0 amide bonds. The lowest BCUT2D eigenvalue weighted by molar-refractivity contribution is 0.0386.